The quantitative estimate of drug-likeness (QED) is 0.317. The molecule has 4 aromatic rings. The van der Waals surface area contributed by atoms with Crippen LogP contribution in [0, 0.1) is 0 Å². The maximum absolute atomic E-state index is 12.8. The van der Waals surface area contributed by atoms with Crippen LogP contribution >= 0.6 is 0 Å². The monoisotopic (exact) mass is 587 g/mol. The number of anilines is 1. The van der Waals surface area contributed by atoms with Gasteiger partial charge in [0.15, 0.2) is 5.65 Å². The van der Waals surface area contributed by atoms with Crippen LogP contribution in [0.25, 0.3) is 22.3 Å². The minimum atomic E-state index is -0.575. The lowest BCUT2D eigenvalue weighted by molar-refractivity contribution is 0.0169. The molecule has 1 atom stereocenters. The van der Waals surface area contributed by atoms with Gasteiger partial charge < -0.3 is 30.2 Å². The summed E-state index contributed by atoms with van der Waals surface area (Å²) in [6, 6.07) is 12.7. The van der Waals surface area contributed by atoms with Gasteiger partial charge >= 0.3 is 6.09 Å². The van der Waals surface area contributed by atoms with E-state index in [0.29, 0.717) is 59.2 Å². The standard InChI is InChI=1S/C31H37N7O5/c1-31(2,3)43-30(40)37-12-6-7-22(17-37)38-28-25(27(32)34-18-35-28)26(36-38)20-10-8-19(9-11-20)16-33-29(39)21-13-23(41-4)15-24(14-21)42-5/h8-11,13-15,18,22H,6-7,12,16-17H2,1-5H3,(H,33,39)(H2,32,34,35)/t22-/m1/s1. The van der Waals surface area contributed by atoms with Crippen LogP contribution in [0.5, 0.6) is 11.5 Å². The molecule has 0 saturated carbocycles. The van der Waals surface area contributed by atoms with Gasteiger partial charge in [-0.1, -0.05) is 24.3 Å². The lowest BCUT2D eigenvalue weighted by Crippen LogP contribution is -2.43. The van der Waals surface area contributed by atoms with Crippen LogP contribution in [-0.2, 0) is 11.3 Å². The molecule has 0 radical (unpaired) electrons. The highest BCUT2D eigenvalue weighted by Gasteiger charge is 2.31. The minimum Gasteiger partial charge on any atom is -0.497 e. The fourth-order valence-corrected chi connectivity index (χ4v) is 5.10. The van der Waals surface area contributed by atoms with E-state index in [0.717, 1.165) is 24.0 Å². The molecule has 1 aliphatic rings. The number of piperidine rings is 1. The lowest BCUT2D eigenvalue weighted by Gasteiger charge is -2.34. The molecule has 5 rings (SSSR count). The van der Waals surface area contributed by atoms with Gasteiger partial charge in [0.25, 0.3) is 5.91 Å². The number of likely N-dealkylation sites (tertiary alicyclic amines) is 1. The second-order valence-electron chi connectivity index (χ2n) is 11.5. The largest absolute Gasteiger partial charge is 0.497 e. The number of aromatic nitrogens is 4. The summed E-state index contributed by atoms with van der Waals surface area (Å²) < 4.78 is 18.0. The van der Waals surface area contributed by atoms with Gasteiger partial charge in [-0.2, -0.15) is 5.10 Å². The van der Waals surface area contributed by atoms with Crippen molar-refractivity contribution in [1.82, 2.24) is 30.0 Å². The van der Waals surface area contributed by atoms with Gasteiger partial charge in [0.2, 0.25) is 0 Å². The Balaban J connectivity index is 1.35. The summed E-state index contributed by atoms with van der Waals surface area (Å²) in [5.41, 5.74) is 9.20. The number of fused-ring (bicyclic) bond motifs is 1. The van der Waals surface area contributed by atoms with E-state index in [2.05, 4.69) is 15.3 Å². The third-order valence-electron chi connectivity index (χ3n) is 7.21. The average Bonchev–Trinajstić information content (AvgIpc) is 3.40. The molecule has 0 spiro atoms. The first-order valence-corrected chi connectivity index (χ1v) is 14.1. The summed E-state index contributed by atoms with van der Waals surface area (Å²) in [5, 5.41) is 8.55. The number of hydrogen-bond donors (Lipinski definition) is 2. The van der Waals surface area contributed by atoms with Crippen LogP contribution in [0.4, 0.5) is 10.6 Å². The molecule has 2 amide bonds. The third kappa shape index (κ3) is 6.63. The predicted octanol–water partition coefficient (Wildman–Crippen LogP) is 4.59. The van der Waals surface area contributed by atoms with E-state index in [-0.39, 0.29) is 18.0 Å². The Morgan fingerprint density at radius 1 is 1.05 bits per heavy atom. The number of nitrogens with two attached hydrogens (primary N) is 1. The molecule has 1 saturated heterocycles. The fourth-order valence-electron chi connectivity index (χ4n) is 5.10. The zero-order valence-corrected chi connectivity index (χ0v) is 25.1. The van der Waals surface area contributed by atoms with Gasteiger partial charge in [-0.25, -0.2) is 19.4 Å². The number of carbonyl (C=O) groups is 2. The molecule has 0 bridgehead atoms. The normalized spacial score (nSPS) is 15.3. The van der Waals surface area contributed by atoms with Crippen LogP contribution < -0.4 is 20.5 Å². The molecule has 0 aliphatic carbocycles. The van der Waals surface area contributed by atoms with Crippen molar-refractivity contribution in [3.8, 4) is 22.8 Å². The van der Waals surface area contributed by atoms with E-state index >= 15 is 0 Å². The molecule has 0 unspecified atom stereocenters. The average molecular weight is 588 g/mol. The number of amides is 2. The van der Waals surface area contributed by atoms with Crippen molar-refractivity contribution < 1.29 is 23.8 Å². The summed E-state index contributed by atoms with van der Waals surface area (Å²) in [5.74, 6) is 1.16. The highest BCUT2D eigenvalue weighted by molar-refractivity contribution is 5.98. The number of carbonyl (C=O) groups excluding carboxylic acids is 2. The second-order valence-corrected chi connectivity index (χ2v) is 11.5. The third-order valence-corrected chi connectivity index (χ3v) is 7.21. The smallest absolute Gasteiger partial charge is 0.410 e. The Kier molecular flexibility index (Phi) is 8.38. The maximum Gasteiger partial charge on any atom is 0.410 e. The number of nitrogens with one attached hydrogen (secondary N) is 1. The van der Waals surface area contributed by atoms with Crippen molar-refractivity contribution in [3.63, 3.8) is 0 Å². The molecule has 12 heteroatoms. The lowest BCUT2D eigenvalue weighted by atomic mass is 10.1. The molecule has 12 nitrogen and oxygen atoms in total. The van der Waals surface area contributed by atoms with Gasteiger partial charge in [-0.3, -0.25) is 4.79 Å². The zero-order chi connectivity index (χ0) is 30.7. The van der Waals surface area contributed by atoms with Crippen LogP contribution in [0.1, 0.15) is 55.6 Å². The first-order valence-electron chi connectivity index (χ1n) is 14.1. The van der Waals surface area contributed by atoms with Crippen molar-refractivity contribution in [3.05, 3.63) is 59.9 Å². The Labute approximate surface area is 250 Å². The van der Waals surface area contributed by atoms with E-state index in [1.54, 1.807) is 23.1 Å². The van der Waals surface area contributed by atoms with Crippen LogP contribution in [0.2, 0.25) is 0 Å². The van der Waals surface area contributed by atoms with Gasteiger partial charge in [0, 0.05) is 36.8 Å². The maximum atomic E-state index is 12.8. The Morgan fingerprint density at radius 3 is 2.40 bits per heavy atom. The van der Waals surface area contributed by atoms with E-state index in [1.807, 2.05) is 49.7 Å². The van der Waals surface area contributed by atoms with Crippen molar-refractivity contribution in [2.24, 2.45) is 0 Å². The highest BCUT2D eigenvalue weighted by atomic mass is 16.6. The minimum absolute atomic E-state index is 0.100. The molecule has 1 fully saturated rings. The molecule has 226 valence electrons. The molecular weight excluding hydrogens is 550 g/mol. The molecule has 3 N–H and O–H groups in total. The summed E-state index contributed by atoms with van der Waals surface area (Å²) in [4.78, 5) is 36.1. The van der Waals surface area contributed by atoms with E-state index in [1.165, 1.54) is 20.5 Å². The number of methoxy groups -OCH3 is 2. The fraction of sp³-hybridized carbons (Fsp3) is 0.387. The van der Waals surface area contributed by atoms with Crippen molar-refractivity contribution in [2.45, 2.75) is 51.8 Å². The Morgan fingerprint density at radius 2 is 1.74 bits per heavy atom. The van der Waals surface area contributed by atoms with E-state index in [4.69, 9.17) is 25.0 Å². The molecule has 43 heavy (non-hydrogen) atoms. The summed E-state index contributed by atoms with van der Waals surface area (Å²) in [6.07, 6.45) is 2.73. The first-order chi connectivity index (χ1) is 20.6. The van der Waals surface area contributed by atoms with Crippen molar-refractivity contribution >= 4 is 28.9 Å². The van der Waals surface area contributed by atoms with Crippen LogP contribution in [-0.4, -0.2) is 69.6 Å². The summed E-state index contributed by atoms with van der Waals surface area (Å²) in [7, 11) is 3.08. The molecule has 1 aliphatic heterocycles. The number of nitrogen functional groups attached to an aromatic ring is 1. The number of rotatable bonds is 7. The topological polar surface area (TPSA) is 147 Å². The highest BCUT2D eigenvalue weighted by Crippen LogP contribution is 2.34. The number of hydrogen-bond acceptors (Lipinski definition) is 9. The number of benzene rings is 2. The molecule has 2 aromatic heterocycles. The van der Waals surface area contributed by atoms with Gasteiger partial charge in [0.1, 0.15) is 34.9 Å². The van der Waals surface area contributed by atoms with E-state index in [9.17, 15) is 9.59 Å². The predicted molar refractivity (Wildman–Crippen MR) is 162 cm³/mol. The van der Waals surface area contributed by atoms with Crippen LogP contribution in [0.15, 0.2) is 48.8 Å². The molecular formula is C31H37N7O5. The number of ether oxygens (including phenoxy) is 3. The Hall–Kier alpha value is -4.87. The second kappa shape index (κ2) is 12.2. The first kappa shape index (κ1) is 29.6. The van der Waals surface area contributed by atoms with E-state index < -0.39 is 5.60 Å². The molecule has 2 aromatic carbocycles. The summed E-state index contributed by atoms with van der Waals surface area (Å²) in [6.45, 7) is 6.97. The van der Waals surface area contributed by atoms with Crippen molar-refractivity contribution in [2.75, 3.05) is 33.0 Å². The number of nitrogens with zero attached hydrogens (tertiary/aromatic N) is 5. The van der Waals surface area contributed by atoms with Crippen LogP contribution in [0.3, 0.4) is 0 Å². The van der Waals surface area contributed by atoms with Gasteiger partial charge in [-0.05, 0) is 51.3 Å². The van der Waals surface area contributed by atoms with Gasteiger partial charge in [-0.15, -0.1) is 0 Å². The van der Waals surface area contributed by atoms with Crippen molar-refractivity contribution in [1.29, 1.82) is 0 Å². The summed E-state index contributed by atoms with van der Waals surface area (Å²) >= 11 is 0. The van der Waals surface area contributed by atoms with Gasteiger partial charge in [0.05, 0.1) is 25.6 Å². The SMILES string of the molecule is COc1cc(OC)cc(C(=O)NCc2ccc(-c3nn([C@@H]4CCCN(C(=O)OC(C)(C)C)C4)c4ncnc(N)c34)cc2)c1. The Bertz CT molecular complexity index is 1610. The molecule has 3 heterocycles. The zero-order valence-electron chi connectivity index (χ0n) is 25.1.